The SMILES string of the molecule is COC(=O)c1[nH]cnc1C(=O)Nc1ccc(NC(=O)c2ccc(S(=O)O)cc2Cl)cc1. The molecule has 2 amide bonds. The second-order valence-electron chi connectivity index (χ2n) is 5.99. The number of imidazole rings is 1. The molecule has 12 heteroatoms. The molecule has 1 heterocycles. The molecule has 0 aliphatic rings. The van der Waals surface area contributed by atoms with Gasteiger partial charge >= 0.3 is 5.97 Å². The van der Waals surface area contributed by atoms with E-state index in [1.807, 2.05) is 0 Å². The number of rotatable bonds is 6. The van der Waals surface area contributed by atoms with Crippen LogP contribution in [0, 0.1) is 0 Å². The van der Waals surface area contributed by atoms with Crippen LogP contribution >= 0.6 is 11.6 Å². The number of halogens is 1. The molecule has 4 N–H and O–H groups in total. The number of hydrogen-bond acceptors (Lipinski definition) is 6. The number of ether oxygens (including phenoxy) is 1. The Kier molecular flexibility index (Phi) is 6.80. The van der Waals surface area contributed by atoms with Crippen molar-refractivity contribution in [3.63, 3.8) is 0 Å². The predicted octanol–water partition coefficient (Wildman–Crippen LogP) is 2.93. The Labute approximate surface area is 183 Å². The van der Waals surface area contributed by atoms with E-state index in [0.717, 1.165) is 0 Å². The van der Waals surface area contributed by atoms with E-state index in [2.05, 4.69) is 25.3 Å². The van der Waals surface area contributed by atoms with Crippen molar-refractivity contribution in [1.82, 2.24) is 9.97 Å². The minimum absolute atomic E-state index is 0.0293. The van der Waals surface area contributed by atoms with Crippen LogP contribution in [0.25, 0.3) is 0 Å². The third kappa shape index (κ3) is 5.15. The van der Waals surface area contributed by atoms with Crippen molar-refractivity contribution in [3.8, 4) is 0 Å². The Morgan fingerprint density at radius 1 is 1.06 bits per heavy atom. The first-order valence-corrected chi connectivity index (χ1v) is 10.0. The van der Waals surface area contributed by atoms with Crippen molar-refractivity contribution in [2.75, 3.05) is 17.7 Å². The lowest BCUT2D eigenvalue weighted by Gasteiger charge is -2.09. The predicted molar refractivity (Wildman–Crippen MR) is 113 cm³/mol. The zero-order valence-corrected chi connectivity index (χ0v) is 17.4. The van der Waals surface area contributed by atoms with E-state index in [9.17, 15) is 18.6 Å². The van der Waals surface area contributed by atoms with Crippen LogP contribution in [0.15, 0.2) is 53.7 Å². The van der Waals surface area contributed by atoms with Gasteiger partial charge in [0.1, 0.15) is 0 Å². The Hall–Kier alpha value is -3.54. The summed E-state index contributed by atoms with van der Waals surface area (Å²) in [5, 5.41) is 5.25. The van der Waals surface area contributed by atoms with Crippen molar-refractivity contribution in [2.45, 2.75) is 4.90 Å². The first-order valence-electron chi connectivity index (χ1n) is 8.55. The fourth-order valence-electron chi connectivity index (χ4n) is 2.54. The van der Waals surface area contributed by atoms with E-state index in [4.69, 9.17) is 16.2 Å². The summed E-state index contributed by atoms with van der Waals surface area (Å²) < 4.78 is 24.7. The molecule has 0 saturated carbocycles. The molecule has 1 atom stereocenters. The summed E-state index contributed by atoms with van der Waals surface area (Å²) in [5.74, 6) is -1.86. The standard InChI is InChI=1S/C19H15ClN4O6S/c1-30-19(27)16-15(21-9-22-16)18(26)24-11-4-2-10(3-5-11)23-17(25)13-7-6-12(31(28)29)8-14(13)20/h2-9H,1H3,(H,21,22)(H,23,25)(H,24,26)(H,28,29). The van der Waals surface area contributed by atoms with Gasteiger partial charge in [0.2, 0.25) is 0 Å². The van der Waals surface area contributed by atoms with Crippen LogP contribution in [0.2, 0.25) is 5.02 Å². The number of aromatic nitrogens is 2. The Morgan fingerprint density at radius 3 is 2.23 bits per heavy atom. The molecule has 3 rings (SSSR count). The van der Waals surface area contributed by atoms with Gasteiger partial charge in [-0.15, -0.1) is 0 Å². The normalized spacial score (nSPS) is 11.5. The van der Waals surface area contributed by atoms with Gasteiger partial charge < -0.3 is 24.9 Å². The highest BCUT2D eigenvalue weighted by atomic mass is 35.5. The quantitative estimate of drug-likeness (QED) is 0.324. The van der Waals surface area contributed by atoms with Crippen LogP contribution in [0.4, 0.5) is 11.4 Å². The van der Waals surface area contributed by atoms with Crippen molar-refractivity contribution >= 4 is 51.8 Å². The summed E-state index contributed by atoms with van der Waals surface area (Å²) in [6.45, 7) is 0. The third-order valence-corrected chi connectivity index (χ3v) is 5.00. The Morgan fingerprint density at radius 2 is 1.68 bits per heavy atom. The number of nitrogens with one attached hydrogen (secondary N) is 3. The fourth-order valence-corrected chi connectivity index (χ4v) is 3.27. The molecule has 31 heavy (non-hydrogen) atoms. The van der Waals surface area contributed by atoms with Gasteiger partial charge in [-0.3, -0.25) is 9.59 Å². The van der Waals surface area contributed by atoms with E-state index in [1.165, 1.54) is 43.8 Å². The van der Waals surface area contributed by atoms with E-state index in [0.29, 0.717) is 11.4 Å². The third-order valence-electron chi connectivity index (χ3n) is 4.03. The zero-order valence-electron chi connectivity index (χ0n) is 15.8. The molecule has 0 radical (unpaired) electrons. The van der Waals surface area contributed by atoms with Crippen LogP contribution in [0.5, 0.6) is 0 Å². The number of anilines is 2. The van der Waals surface area contributed by atoms with Crippen LogP contribution < -0.4 is 10.6 Å². The number of carbonyl (C=O) groups is 3. The lowest BCUT2D eigenvalue weighted by atomic mass is 10.2. The highest BCUT2D eigenvalue weighted by Crippen LogP contribution is 2.22. The van der Waals surface area contributed by atoms with Crippen LogP contribution in [0.1, 0.15) is 31.3 Å². The smallest absolute Gasteiger partial charge is 0.356 e. The van der Waals surface area contributed by atoms with E-state index in [-0.39, 0.29) is 26.9 Å². The summed E-state index contributed by atoms with van der Waals surface area (Å²) in [6.07, 6.45) is 1.20. The number of esters is 1. The zero-order chi connectivity index (χ0) is 22.5. The number of aromatic amines is 1. The van der Waals surface area contributed by atoms with Crippen molar-refractivity contribution < 1.29 is 27.9 Å². The molecule has 160 valence electrons. The van der Waals surface area contributed by atoms with Gasteiger partial charge in [0.05, 0.1) is 28.9 Å². The lowest BCUT2D eigenvalue weighted by molar-refractivity contribution is 0.0591. The monoisotopic (exact) mass is 462 g/mol. The van der Waals surface area contributed by atoms with Gasteiger partial charge in [0.25, 0.3) is 11.8 Å². The first kappa shape index (κ1) is 22.2. The maximum atomic E-state index is 12.4. The lowest BCUT2D eigenvalue weighted by Crippen LogP contribution is -2.17. The van der Waals surface area contributed by atoms with E-state index in [1.54, 1.807) is 12.1 Å². The summed E-state index contributed by atoms with van der Waals surface area (Å²) >= 11 is 3.81. The van der Waals surface area contributed by atoms with Gasteiger partial charge in [-0.25, -0.2) is 14.0 Å². The number of amides is 2. The number of methoxy groups -OCH3 is 1. The van der Waals surface area contributed by atoms with Crippen LogP contribution in [0.3, 0.4) is 0 Å². The molecule has 1 aromatic heterocycles. The molecule has 2 aromatic carbocycles. The topological polar surface area (TPSA) is 150 Å². The van der Waals surface area contributed by atoms with Crippen LogP contribution in [-0.2, 0) is 15.8 Å². The van der Waals surface area contributed by atoms with Gasteiger partial charge in [-0.1, -0.05) is 11.6 Å². The first-order chi connectivity index (χ1) is 14.8. The van der Waals surface area contributed by atoms with Gasteiger partial charge in [0.15, 0.2) is 22.5 Å². The van der Waals surface area contributed by atoms with Gasteiger partial charge in [0, 0.05) is 11.4 Å². The molecule has 0 saturated heterocycles. The molecule has 3 aromatic rings. The number of hydrogen-bond donors (Lipinski definition) is 4. The van der Waals surface area contributed by atoms with E-state index < -0.39 is 28.9 Å². The average Bonchev–Trinajstić information content (AvgIpc) is 3.24. The van der Waals surface area contributed by atoms with Crippen molar-refractivity contribution in [3.05, 3.63) is 70.8 Å². The van der Waals surface area contributed by atoms with Gasteiger partial charge in [-0.05, 0) is 42.5 Å². The van der Waals surface area contributed by atoms with Crippen LogP contribution in [-0.4, -0.2) is 43.6 Å². The maximum absolute atomic E-state index is 12.4. The largest absolute Gasteiger partial charge is 0.464 e. The minimum Gasteiger partial charge on any atom is -0.464 e. The summed E-state index contributed by atoms with van der Waals surface area (Å²) in [6, 6.07) is 10.1. The molecule has 0 aliphatic heterocycles. The number of benzene rings is 2. The Balaban J connectivity index is 1.67. The molecular weight excluding hydrogens is 448 g/mol. The number of carbonyl (C=O) groups excluding carboxylic acids is 3. The van der Waals surface area contributed by atoms with E-state index >= 15 is 0 Å². The average molecular weight is 463 g/mol. The summed E-state index contributed by atoms with van der Waals surface area (Å²) in [4.78, 5) is 42.8. The molecule has 0 bridgehead atoms. The maximum Gasteiger partial charge on any atom is 0.356 e. The van der Waals surface area contributed by atoms with Crippen molar-refractivity contribution in [1.29, 1.82) is 0 Å². The molecule has 1 unspecified atom stereocenters. The Bertz CT molecular complexity index is 1180. The number of nitrogens with zero attached hydrogens (tertiary/aromatic N) is 1. The second kappa shape index (κ2) is 9.51. The highest BCUT2D eigenvalue weighted by molar-refractivity contribution is 7.79. The molecular formula is C19H15ClN4O6S. The summed E-state index contributed by atoms with van der Waals surface area (Å²) in [5.41, 5.74) is 0.753. The molecule has 0 spiro atoms. The minimum atomic E-state index is -2.21. The second-order valence-corrected chi connectivity index (χ2v) is 7.37. The highest BCUT2D eigenvalue weighted by Gasteiger charge is 2.21. The molecule has 10 nitrogen and oxygen atoms in total. The fraction of sp³-hybridized carbons (Fsp3) is 0.0526. The number of H-pyrrole nitrogens is 1. The molecule has 0 aliphatic carbocycles. The summed E-state index contributed by atoms with van der Waals surface area (Å²) in [7, 11) is 1.19. The van der Waals surface area contributed by atoms with Crippen molar-refractivity contribution in [2.24, 2.45) is 0 Å². The molecule has 0 fully saturated rings. The van der Waals surface area contributed by atoms with Gasteiger partial charge in [-0.2, -0.15) is 0 Å².